The van der Waals surface area contributed by atoms with Crippen molar-refractivity contribution < 1.29 is 23.4 Å². The average Bonchev–Trinajstić information content (AvgIpc) is 2.53. The summed E-state index contributed by atoms with van der Waals surface area (Å²) in [5.41, 5.74) is -2.21. The van der Waals surface area contributed by atoms with Crippen molar-refractivity contribution in [3.8, 4) is 0 Å². The Bertz CT molecular complexity index is 738. The Balaban J connectivity index is 1.70. The molecule has 0 aliphatic carbocycles. The van der Waals surface area contributed by atoms with Gasteiger partial charge in [0.25, 0.3) is 0 Å². The minimum atomic E-state index is -4.45. The van der Waals surface area contributed by atoms with Crippen LogP contribution in [0.5, 0.6) is 0 Å². The highest BCUT2D eigenvalue weighted by Gasteiger charge is 2.45. The Morgan fingerprint density at radius 2 is 1.60 bits per heavy atom. The molecule has 2 N–H and O–H groups in total. The number of halogens is 3. The zero-order chi connectivity index (χ0) is 18.3. The van der Waals surface area contributed by atoms with Gasteiger partial charge in [0, 0.05) is 19.6 Å². The van der Waals surface area contributed by atoms with Crippen LogP contribution < -0.4 is 0 Å². The second-order valence-corrected chi connectivity index (χ2v) is 6.90. The van der Waals surface area contributed by atoms with Gasteiger partial charge in [0.15, 0.2) is 0 Å². The summed E-state index contributed by atoms with van der Waals surface area (Å²) < 4.78 is 38.6. The highest BCUT2D eigenvalue weighted by molar-refractivity contribution is 5.31. The molecule has 25 heavy (non-hydrogen) atoms. The number of alkyl halides is 3. The van der Waals surface area contributed by atoms with Gasteiger partial charge in [-0.15, -0.1) is 0 Å². The average molecular weight is 351 g/mol. The summed E-state index contributed by atoms with van der Waals surface area (Å²) in [5.74, 6) is 0. The molecule has 0 unspecified atom stereocenters. The third-order valence-corrected chi connectivity index (χ3v) is 4.62. The standard InChI is InChI=1S/C19H20F3NO2/c1-17(24,15-8-5-9-16(10-15)19(20,21)22)11-23-12-18(25,13-23)14-6-3-2-4-7-14/h2-10,24-25H,11-13H2,1H3/t17-/m1/s1. The smallest absolute Gasteiger partial charge is 0.384 e. The molecule has 0 radical (unpaired) electrons. The number of hydrogen-bond acceptors (Lipinski definition) is 3. The van der Waals surface area contributed by atoms with Crippen molar-refractivity contribution in [2.45, 2.75) is 24.3 Å². The van der Waals surface area contributed by atoms with E-state index in [1.807, 2.05) is 35.2 Å². The largest absolute Gasteiger partial charge is 0.416 e. The first-order valence-corrected chi connectivity index (χ1v) is 8.01. The van der Waals surface area contributed by atoms with Gasteiger partial charge in [0.1, 0.15) is 5.60 Å². The van der Waals surface area contributed by atoms with Crippen LogP contribution in [0.25, 0.3) is 0 Å². The van der Waals surface area contributed by atoms with Gasteiger partial charge < -0.3 is 10.2 Å². The van der Waals surface area contributed by atoms with Crippen molar-refractivity contribution in [3.05, 3.63) is 71.3 Å². The minimum Gasteiger partial charge on any atom is -0.384 e. The predicted molar refractivity (Wildman–Crippen MR) is 87.8 cm³/mol. The van der Waals surface area contributed by atoms with E-state index in [-0.39, 0.29) is 12.1 Å². The Hall–Kier alpha value is -1.89. The van der Waals surface area contributed by atoms with Gasteiger partial charge in [-0.2, -0.15) is 13.2 Å². The minimum absolute atomic E-state index is 0.142. The predicted octanol–water partition coefficient (Wildman–Crippen LogP) is 3.12. The first-order chi connectivity index (χ1) is 11.6. The van der Waals surface area contributed by atoms with Gasteiger partial charge in [-0.25, -0.2) is 0 Å². The van der Waals surface area contributed by atoms with Crippen LogP contribution in [0.15, 0.2) is 54.6 Å². The van der Waals surface area contributed by atoms with Gasteiger partial charge in [0.2, 0.25) is 0 Å². The maximum absolute atomic E-state index is 12.9. The van der Waals surface area contributed by atoms with Crippen molar-refractivity contribution in [2.24, 2.45) is 0 Å². The van der Waals surface area contributed by atoms with Gasteiger partial charge in [0.05, 0.1) is 11.2 Å². The molecule has 0 saturated carbocycles. The number of nitrogens with zero attached hydrogens (tertiary/aromatic N) is 1. The van der Waals surface area contributed by atoms with Gasteiger partial charge in [-0.05, 0) is 30.2 Å². The molecule has 134 valence electrons. The lowest BCUT2D eigenvalue weighted by Crippen LogP contribution is -2.61. The number of rotatable bonds is 4. The second-order valence-electron chi connectivity index (χ2n) is 6.90. The number of benzene rings is 2. The molecular weight excluding hydrogens is 331 g/mol. The van der Waals surface area contributed by atoms with E-state index in [1.165, 1.54) is 19.1 Å². The summed E-state index contributed by atoms with van der Waals surface area (Å²) >= 11 is 0. The summed E-state index contributed by atoms with van der Waals surface area (Å²) in [5, 5.41) is 21.3. The van der Waals surface area contributed by atoms with E-state index >= 15 is 0 Å². The lowest BCUT2D eigenvalue weighted by molar-refractivity contribution is -0.138. The van der Waals surface area contributed by atoms with Crippen LogP contribution in [0.3, 0.4) is 0 Å². The number of β-amino-alcohol motifs (C(OH)–C–C–N with tert-alkyl or cyclic N) is 2. The molecule has 1 atom stereocenters. The summed E-state index contributed by atoms with van der Waals surface area (Å²) in [6, 6.07) is 14.0. The summed E-state index contributed by atoms with van der Waals surface area (Å²) in [4.78, 5) is 1.83. The van der Waals surface area contributed by atoms with E-state index in [0.29, 0.717) is 13.1 Å². The molecule has 1 fully saturated rings. The van der Waals surface area contributed by atoms with Crippen LogP contribution in [0, 0.1) is 0 Å². The Labute approximate surface area is 144 Å². The molecule has 0 spiro atoms. The quantitative estimate of drug-likeness (QED) is 0.890. The third-order valence-electron chi connectivity index (χ3n) is 4.62. The van der Waals surface area contributed by atoms with E-state index in [4.69, 9.17) is 0 Å². The fourth-order valence-electron chi connectivity index (χ4n) is 3.29. The molecule has 3 nitrogen and oxygen atoms in total. The molecule has 0 aromatic heterocycles. The van der Waals surface area contributed by atoms with Crippen LogP contribution in [0.1, 0.15) is 23.6 Å². The maximum atomic E-state index is 12.9. The van der Waals surface area contributed by atoms with E-state index < -0.39 is 22.9 Å². The fourth-order valence-corrected chi connectivity index (χ4v) is 3.29. The van der Waals surface area contributed by atoms with Crippen molar-refractivity contribution in [1.29, 1.82) is 0 Å². The lowest BCUT2D eigenvalue weighted by Gasteiger charge is -2.49. The molecule has 2 aromatic carbocycles. The summed E-state index contributed by atoms with van der Waals surface area (Å²) in [7, 11) is 0. The zero-order valence-electron chi connectivity index (χ0n) is 13.8. The normalized spacial score (nSPS) is 19.9. The van der Waals surface area contributed by atoms with E-state index in [9.17, 15) is 23.4 Å². The molecule has 1 aliphatic heterocycles. The van der Waals surface area contributed by atoms with Crippen LogP contribution in [0.4, 0.5) is 13.2 Å². The Morgan fingerprint density at radius 1 is 1.00 bits per heavy atom. The van der Waals surface area contributed by atoms with Crippen LogP contribution in [-0.4, -0.2) is 34.7 Å². The SMILES string of the molecule is C[C@@](O)(CN1CC(O)(c2ccccc2)C1)c1cccc(C(F)(F)F)c1. The number of hydrogen-bond donors (Lipinski definition) is 2. The monoisotopic (exact) mass is 351 g/mol. The lowest BCUT2D eigenvalue weighted by atomic mass is 9.84. The molecule has 1 aliphatic rings. The van der Waals surface area contributed by atoms with Crippen molar-refractivity contribution >= 4 is 0 Å². The van der Waals surface area contributed by atoms with Gasteiger partial charge >= 0.3 is 6.18 Å². The van der Waals surface area contributed by atoms with Crippen molar-refractivity contribution in [1.82, 2.24) is 4.90 Å². The van der Waals surface area contributed by atoms with E-state index in [1.54, 1.807) is 0 Å². The van der Waals surface area contributed by atoms with Crippen LogP contribution in [-0.2, 0) is 17.4 Å². The van der Waals surface area contributed by atoms with E-state index in [2.05, 4.69) is 0 Å². The highest BCUT2D eigenvalue weighted by atomic mass is 19.4. The number of aliphatic hydroxyl groups is 2. The molecule has 0 bridgehead atoms. The first-order valence-electron chi connectivity index (χ1n) is 8.01. The Morgan fingerprint density at radius 3 is 2.20 bits per heavy atom. The van der Waals surface area contributed by atoms with Crippen molar-refractivity contribution in [3.63, 3.8) is 0 Å². The van der Waals surface area contributed by atoms with Gasteiger partial charge in [-0.3, -0.25) is 4.90 Å². The molecule has 6 heteroatoms. The second kappa shape index (κ2) is 6.12. The van der Waals surface area contributed by atoms with Gasteiger partial charge in [-0.1, -0.05) is 42.5 Å². The molecule has 1 saturated heterocycles. The maximum Gasteiger partial charge on any atom is 0.416 e. The summed E-state index contributed by atoms with van der Waals surface area (Å²) in [6.07, 6.45) is -4.45. The first kappa shape index (κ1) is 17.9. The van der Waals surface area contributed by atoms with Crippen LogP contribution >= 0.6 is 0 Å². The zero-order valence-corrected chi connectivity index (χ0v) is 13.8. The molecule has 0 amide bonds. The molecule has 3 rings (SSSR count). The summed E-state index contributed by atoms with van der Waals surface area (Å²) in [6.45, 7) is 2.28. The highest BCUT2D eigenvalue weighted by Crippen LogP contribution is 2.36. The third kappa shape index (κ3) is 3.71. The van der Waals surface area contributed by atoms with Crippen LogP contribution in [0.2, 0.25) is 0 Å². The topological polar surface area (TPSA) is 43.7 Å². The molecule has 1 heterocycles. The Kier molecular flexibility index (Phi) is 4.39. The molecule has 2 aromatic rings. The van der Waals surface area contributed by atoms with E-state index in [0.717, 1.165) is 17.7 Å². The molecular formula is C19H20F3NO2. The fraction of sp³-hybridized carbons (Fsp3) is 0.368. The number of likely N-dealkylation sites (tertiary alicyclic amines) is 1. The van der Waals surface area contributed by atoms with Crippen molar-refractivity contribution in [2.75, 3.05) is 19.6 Å².